The van der Waals surface area contributed by atoms with Crippen molar-refractivity contribution in [2.45, 2.75) is 6.54 Å². The molecular weight excluding hydrogens is 286 g/mol. The van der Waals surface area contributed by atoms with Gasteiger partial charge >= 0.3 is 0 Å². The van der Waals surface area contributed by atoms with Crippen molar-refractivity contribution in [1.82, 2.24) is 4.90 Å². The van der Waals surface area contributed by atoms with Crippen LogP contribution in [0, 0.1) is 11.6 Å². The summed E-state index contributed by atoms with van der Waals surface area (Å²) < 4.78 is 32.5. The Balaban J connectivity index is 1.66. The van der Waals surface area contributed by atoms with E-state index < -0.39 is 11.6 Å². The van der Waals surface area contributed by atoms with Crippen LogP contribution in [0.3, 0.4) is 0 Å². The SMILES string of the molecule is Fc1cccc(F)c1Nc1ccc(CN2CCOCC2)cc1. The minimum Gasteiger partial charge on any atom is -0.379 e. The van der Waals surface area contributed by atoms with Crippen LogP contribution < -0.4 is 5.32 Å². The number of hydrogen-bond donors (Lipinski definition) is 1. The van der Waals surface area contributed by atoms with Crippen molar-refractivity contribution in [2.75, 3.05) is 31.6 Å². The van der Waals surface area contributed by atoms with E-state index >= 15 is 0 Å². The number of para-hydroxylation sites is 1. The van der Waals surface area contributed by atoms with Crippen LogP contribution in [0.4, 0.5) is 20.2 Å². The molecule has 1 N–H and O–H groups in total. The molecule has 22 heavy (non-hydrogen) atoms. The third kappa shape index (κ3) is 3.61. The van der Waals surface area contributed by atoms with Gasteiger partial charge in [-0.15, -0.1) is 0 Å². The van der Waals surface area contributed by atoms with Crippen LogP contribution in [0.25, 0.3) is 0 Å². The predicted molar refractivity (Wildman–Crippen MR) is 82.2 cm³/mol. The van der Waals surface area contributed by atoms with Gasteiger partial charge in [-0.1, -0.05) is 18.2 Å². The zero-order chi connectivity index (χ0) is 15.4. The van der Waals surface area contributed by atoms with E-state index in [-0.39, 0.29) is 5.69 Å². The Kier molecular flexibility index (Phi) is 4.65. The van der Waals surface area contributed by atoms with E-state index in [1.54, 1.807) is 0 Å². The molecule has 0 spiro atoms. The number of nitrogens with one attached hydrogen (secondary N) is 1. The van der Waals surface area contributed by atoms with Crippen molar-refractivity contribution in [1.29, 1.82) is 0 Å². The average Bonchev–Trinajstić information content (AvgIpc) is 2.54. The lowest BCUT2D eigenvalue weighted by molar-refractivity contribution is 0.0342. The molecule has 1 saturated heterocycles. The lowest BCUT2D eigenvalue weighted by atomic mass is 10.2. The van der Waals surface area contributed by atoms with Gasteiger partial charge in [0.2, 0.25) is 0 Å². The summed E-state index contributed by atoms with van der Waals surface area (Å²) >= 11 is 0. The average molecular weight is 304 g/mol. The molecule has 0 saturated carbocycles. The Morgan fingerprint density at radius 1 is 0.955 bits per heavy atom. The molecule has 1 aliphatic rings. The second kappa shape index (κ2) is 6.85. The second-order valence-electron chi connectivity index (χ2n) is 5.31. The van der Waals surface area contributed by atoms with Crippen LogP contribution in [0.2, 0.25) is 0 Å². The highest BCUT2D eigenvalue weighted by molar-refractivity contribution is 5.61. The topological polar surface area (TPSA) is 24.5 Å². The molecule has 2 aromatic carbocycles. The first kappa shape index (κ1) is 14.9. The third-order valence-corrected chi connectivity index (χ3v) is 3.70. The number of benzene rings is 2. The Labute approximate surface area is 128 Å². The van der Waals surface area contributed by atoms with Crippen molar-refractivity contribution in [2.24, 2.45) is 0 Å². The molecule has 116 valence electrons. The Bertz CT molecular complexity index is 605. The Morgan fingerprint density at radius 2 is 1.59 bits per heavy atom. The van der Waals surface area contributed by atoms with Gasteiger partial charge in [0.1, 0.15) is 17.3 Å². The first-order valence-electron chi connectivity index (χ1n) is 7.32. The van der Waals surface area contributed by atoms with E-state index in [4.69, 9.17) is 4.74 Å². The second-order valence-corrected chi connectivity index (χ2v) is 5.31. The van der Waals surface area contributed by atoms with Gasteiger partial charge in [-0.3, -0.25) is 4.90 Å². The lowest BCUT2D eigenvalue weighted by Crippen LogP contribution is -2.35. The molecule has 0 bridgehead atoms. The van der Waals surface area contributed by atoms with Gasteiger partial charge in [-0.2, -0.15) is 0 Å². The number of halogens is 2. The van der Waals surface area contributed by atoms with E-state index in [9.17, 15) is 8.78 Å². The fraction of sp³-hybridized carbons (Fsp3) is 0.294. The summed E-state index contributed by atoms with van der Waals surface area (Å²) in [6, 6.07) is 11.4. The van der Waals surface area contributed by atoms with Gasteiger partial charge < -0.3 is 10.1 Å². The zero-order valence-electron chi connectivity index (χ0n) is 12.2. The van der Waals surface area contributed by atoms with Gasteiger partial charge in [0.25, 0.3) is 0 Å². The number of hydrogen-bond acceptors (Lipinski definition) is 3. The highest BCUT2D eigenvalue weighted by Gasteiger charge is 2.11. The molecule has 1 fully saturated rings. The van der Waals surface area contributed by atoms with Crippen molar-refractivity contribution < 1.29 is 13.5 Å². The summed E-state index contributed by atoms with van der Waals surface area (Å²) in [4.78, 5) is 2.32. The van der Waals surface area contributed by atoms with Gasteiger partial charge in [-0.05, 0) is 29.8 Å². The number of rotatable bonds is 4. The first-order valence-corrected chi connectivity index (χ1v) is 7.32. The zero-order valence-corrected chi connectivity index (χ0v) is 12.2. The molecule has 0 aliphatic carbocycles. The fourth-order valence-corrected chi connectivity index (χ4v) is 2.47. The van der Waals surface area contributed by atoms with E-state index in [2.05, 4.69) is 10.2 Å². The standard InChI is InChI=1S/C17H18F2N2O/c18-15-2-1-3-16(19)17(15)20-14-6-4-13(5-7-14)12-21-8-10-22-11-9-21/h1-7,20H,8-12H2. The minimum atomic E-state index is -0.600. The highest BCUT2D eigenvalue weighted by atomic mass is 19.1. The molecule has 3 rings (SSSR count). The predicted octanol–water partition coefficient (Wildman–Crippen LogP) is 3.54. The largest absolute Gasteiger partial charge is 0.379 e. The van der Waals surface area contributed by atoms with Crippen LogP contribution in [0.5, 0.6) is 0 Å². The molecule has 0 atom stereocenters. The van der Waals surface area contributed by atoms with Crippen molar-refractivity contribution >= 4 is 11.4 Å². The molecular formula is C17H18F2N2O. The maximum absolute atomic E-state index is 13.6. The Morgan fingerprint density at radius 3 is 2.23 bits per heavy atom. The monoisotopic (exact) mass is 304 g/mol. The number of nitrogens with zero attached hydrogens (tertiary/aromatic N) is 1. The summed E-state index contributed by atoms with van der Waals surface area (Å²) in [5, 5.41) is 2.79. The van der Waals surface area contributed by atoms with Gasteiger partial charge in [0, 0.05) is 25.3 Å². The van der Waals surface area contributed by atoms with E-state index in [1.165, 1.54) is 23.8 Å². The molecule has 0 unspecified atom stereocenters. The first-order chi connectivity index (χ1) is 10.7. The molecule has 0 aromatic heterocycles. The van der Waals surface area contributed by atoms with Crippen LogP contribution >= 0.6 is 0 Å². The molecule has 2 aromatic rings. The normalized spacial score (nSPS) is 15.7. The van der Waals surface area contributed by atoms with E-state index in [1.807, 2.05) is 24.3 Å². The molecule has 3 nitrogen and oxygen atoms in total. The van der Waals surface area contributed by atoms with Crippen molar-refractivity contribution in [3.8, 4) is 0 Å². The van der Waals surface area contributed by atoms with Crippen molar-refractivity contribution in [3.63, 3.8) is 0 Å². The highest BCUT2D eigenvalue weighted by Crippen LogP contribution is 2.23. The smallest absolute Gasteiger partial charge is 0.149 e. The fourth-order valence-electron chi connectivity index (χ4n) is 2.47. The Hall–Kier alpha value is -1.98. The third-order valence-electron chi connectivity index (χ3n) is 3.70. The van der Waals surface area contributed by atoms with Crippen molar-refractivity contribution in [3.05, 3.63) is 59.7 Å². The molecule has 0 radical (unpaired) electrons. The summed E-state index contributed by atoms with van der Waals surface area (Å²) in [6.07, 6.45) is 0. The summed E-state index contributed by atoms with van der Waals surface area (Å²) in [5.41, 5.74) is 1.71. The quantitative estimate of drug-likeness (QED) is 0.935. The minimum absolute atomic E-state index is 0.122. The number of ether oxygens (including phenoxy) is 1. The maximum Gasteiger partial charge on any atom is 0.149 e. The summed E-state index contributed by atoms with van der Waals surface area (Å²) in [5.74, 6) is -1.20. The number of morpholine rings is 1. The molecule has 5 heteroatoms. The maximum atomic E-state index is 13.6. The van der Waals surface area contributed by atoms with Crippen LogP contribution in [0.15, 0.2) is 42.5 Å². The van der Waals surface area contributed by atoms with E-state index in [0.717, 1.165) is 32.8 Å². The van der Waals surface area contributed by atoms with Gasteiger partial charge in [-0.25, -0.2) is 8.78 Å². The van der Waals surface area contributed by atoms with Gasteiger partial charge in [0.05, 0.1) is 13.2 Å². The summed E-state index contributed by atoms with van der Waals surface area (Å²) in [7, 11) is 0. The summed E-state index contributed by atoms with van der Waals surface area (Å²) in [6.45, 7) is 4.26. The lowest BCUT2D eigenvalue weighted by Gasteiger charge is -2.26. The van der Waals surface area contributed by atoms with Gasteiger partial charge in [0.15, 0.2) is 0 Å². The van der Waals surface area contributed by atoms with E-state index in [0.29, 0.717) is 5.69 Å². The molecule has 1 heterocycles. The number of anilines is 2. The van der Waals surface area contributed by atoms with Crippen LogP contribution in [-0.4, -0.2) is 31.2 Å². The van der Waals surface area contributed by atoms with Crippen LogP contribution in [-0.2, 0) is 11.3 Å². The molecule has 0 amide bonds. The van der Waals surface area contributed by atoms with Crippen LogP contribution in [0.1, 0.15) is 5.56 Å². The molecule has 1 aliphatic heterocycles.